The first-order chi connectivity index (χ1) is 8.05. The van der Waals surface area contributed by atoms with E-state index >= 15 is 0 Å². The van der Waals surface area contributed by atoms with Crippen molar-refractivity contribution >= 4 is 11.6 Å². The van der Waals surface area contributed by atoms with Gasteiger partial charge in [-0.15, -0.1) is 0 Å². The zero-order valence-corrected chi connectivity index (χ0v) is 10.7. The number of methoxy groups -OCH3 is 1. The highest BCUT2D eigenvalue weighted by Crippen LogP contribution is 2.34. The Kier molecular flexibility index (Phi) is 3.58. The Hall–Kier alpha value is -0.810. The summed E-state index contributed by atoms with van der Waals surface area (Å²) in [7, 11) is 1.58. The Morgan fingerprint density at radius 2 is 2.06 bits per heavy atom. The van der Waals surface area contributed by atoms with Crippen LogP contribution in [0.2, 0.25) is 5.02 Å². The van der Waals surface area contributed by atoms with Gasteiger partial charge in [-0.25, -0.2) is 0 Å². The molecule has 0 atom stereocenters. The molecule has 1 heterocycles. The summed E-state index contributed by atoms with van der Waals surface area (Å²) in [4.78, 5) is 0. The highest BCUT2D eigenvalue weighted by molar-refractivity contribution is 6.32. The lowest BCUT2D eigenvalue weighted by atomic mass is 10.1. The molecular formula is C12H16ClNO3. The summed E-state index contributed by atoms with van der Waals surface area (Å²) in [5.74, 6) is -0.155. The Bertz CT molecular complexity index is 403. The van der Waals surface area contributed by atoms with Crippen LogP contribution in [-0.4, -0.2) is 26.4 Å². The first kappa shape index (κ1) is 12.6. The molecule has 0 radical (unpaired) electrons. The van der Waals surface area contributed by atoms with Crippen LogP contribution in [0.15, 0.2) is 18.2 Å². The molecule has 0 aromatic heterocycles. The average molecular weight is 258 g/mol. The van der Waals surface area contributed by atoms with E-state index in [1.807, 2.05) is 13.0 Å². The van der Waals surface area contributed by atoms with Crippen molar-refractivity contribution in [1.82, 2.24) is 0 Å². The molecule has 0 unspecified atom stereocenters. The van der Waals surface area contributed by atoms with Gasteiger partial charge in [-0.3, -0.25) is 0 Å². The summed E-state index contributed by atoms with van der Waals surface area (Å²) in [6, 6.07) is 5.39. The van der Waals surface area contributed by atoms with E-state index < -0.39 is 5.79 Å². The van der Waals surface area contributed by atoms with Crippen LogP contribution in [0.3, 0.4) is 0 Å². The smallest absolute Gasteiger partial charge is 0.192 e. The number of hydrogen-bond acceptors (Lipinski definition) is 4. The van der Waals surface area contributed by atoms with E-state index in [4.69, 9.17) is 31.5 Å². The minimum atomic E-state index is -0.786. The number of ether oxygens (including phenoxy) is 3. The molecule has 0 spiro atoms. The summed E-state index contributed by atoms with van der Waals surface area (Å²) in [5, 5.41) is 0.535. The van der Waals surface area contributed by atoms with Crippen molar-refractivity contribution in [1.29, 1.82) is 0 Å². The van der Waals surface area contributed by atoms with E-state index in [9.17, 15) is 0 Å². The first-order valence-electron chi connectivity index (χ1n) is 5.42. The lowest BCUT2D eigenvalue weighted by molar-refractivity contribution is -0.270. The zero-order chi connectivity index (χ0) is 12.5. The summed E-state index contributed by atoms with van der Waals surface area (Å²) in [6.45, 7) is 2.80. The van der Waals surface area contributed by atoms with Crippen molar-refractivity contribution in [2.45, 2.75) is 18.8 Å². The molecule has 1 aliphatic heterocycles. The number of rotatable bonds is 2. The maximum atomic E-state index is 6.08. The molecule has 2 rings (SSSR count). The fraction of sp³-hybridized carbons (Fsp3) is 0.500. The molecule has 4 nitrogen and oxygen atoms in total. The summed E-state index contributed by atoms with van der Waals surface area (Å²) < 4.78 is 16.4. The van der Waals surface area contributed by atoms with Gasteiger partial charge in [0.15, 0.2) is 5.79 Å². The molecule has 1 aromatic carbocycles. The molecule has 94 valence electrons. The third kappa shape index (κ3) is 2.55. The highest BCUT2D eigenvalue weighted by Gasteiger charge is 2.34. The summed E-state index contributed by atoms with van der Waals surface area (Å²) in [6.07, 6.45) is 0. The van der Waals surface area contributed by atoms with Gasteiger partial charge in [0.2, 0.25) is 0 Å². The molecular weight excluding hydrogens is 242 g/mol. The number of benzene rings is 1. The topological polar surface area (TPSA) is 53.7 Å². The Morgan fingerprint density at radius 3 is 2.59 bits per heavy atom. The Morgan fingerprint density at radius 1 is 1.41 bits per heavy atom. The number of halogens is 1. The molecule has 0 bridgehead atoms. The molecule has 1 aliphatic rings. The lowest BCUT2D eigenvalue weighted by Gasteiger charge is -2.36. The summed E-state index contributed by atoms with van der Waals surface area (Å²) >= 11 is 6.08. The second kappa shape index (κ2) is 4.82. The van der Waals surface area contributed by atoms with Gasteiger partial charge in [-0.05, 0) is 25.1 Å². The van der Waals surface area contributed by atoms with Gasteiger partial charge in [0.1, 0.15) is 5.75 Å². The van der Waals surface area contributed by atoms with Gasteiger partial charge in [0.05, 0.1) is 31.4 Å². The summed E-state index contributed by atoms with van der Waals surface area (Å²) in [5.41, 5.74) is 6.57. The van der Waals surface area contributed by atoms with E-state index in [1.54, 1.807) is 19.2 Å². The van der Waals surface area contributed by atoms with Crippen LogP contribution in [-0.2, 0) is 15.3 Å². The fourth-order valence-electron chi connectivity index (χ4n) is 1.74. The Balaban J connectivity index is 2.24. The molecule has 1 fully saturated rings. The largest absolute Gasteiger partial charge is 0.495 e. The molecule has 0 saturated carbocycles. The van der Waals surface area contributed by atoms with E-state index in [-0.39, 0.29) is 6.04 Å². The van der Waals surface area contributed by atoms with Gasteiger partial charge in [0, 0.05) is 5.56 Å². The lowest BCUT2D eigenvalue weighted by Crippen LogP contribution is -2.46. The first-order valence-corrected chi connectivity index (χ1v) is 5.80. The maximum Gasteiger partial charge on any atom is 0.192 e. The standard InChI is InChI=1S/C12H16ClNO3/c1-12(16-6-9(14)7-17-12)8-3-4-11(15-2)10(13)5-8/h3-5,9H,6-7,14H2,1-2H3. The van der Waals surface area contributed by atoms with Crippen LogP contribution < -0.4 is 10.5 Å². The van der Waals surface area contributed by atoms with E-state index in [0.29, 0.717) is 24.0 Å². The van der Waals surface area contributed by atoms with E-state index in [0.717, 1.165) is 5.56 Å². The Labute approximate surface area is 106 Å². The molecule has 5 heteroatoms. The molecule has 17 heavy (non-hydrogen) atoms. The quantitative estimate of drug-likeness (QED) is 0.879. The van der Waals surface area contributed by atoms with Crippen molar-refractivity contribution in [2.75, 3.05) is 20.3 Å². The van der Waals surface area contributed by atoms with Gasteiger partial charge < -0.3 is 19.9 Å². The van der Waals surface area contributed by atoms with Crippen LogP contribution >= 0.6 is 11.6 Å². The van der Waals surface area contributed by atoms with Gasteiger partial charge in [-0.2, -0.15) is 0 Å². The normalized spacial score (nSPS) is 29.1. The van der Waals surface area contributed by atoms with Crippen LogP contribution in [0.4, 0.5) is 0 Å². The monoisotopic (exact) mass is 257 g/mol. The molecule has 0 amide bonds. The minimum absolute atomic E-state index is 0.0724. The van der Waals surface area contributed by atoms with Crippen molar-refractivity contribution in [2.24, 2.45) is 5.73 Å². The molecule has 1 saturated heterocycles. The molecule has 1 aromatic rings. The highest BCUT2D eigenvalue weighted by atomic mass is 35.5. The molecule has 2 N–H and O–H groups in total. The predicted octanol–water partition coefficient (Wildman–Crippen LogP) is 1.90. The minimum Gasteiger partial charge on any atom is -0.495 e. The van der Waals surface area contributed by atoms with Gasteiger partial charge >= 0.3 is 0 Å². The zero-order valence-electron chi connectivity index (χ0n) is 9.90. The SMILES string of the molecule is COc1ccc(C2(C)OCC(N)CO2)cc1Cl. The van der Waals surface area contributed by atoms with Crippen LogP contribution in [0, 0.1) is 0 Å². The molecule has 0 aliphatic carbocycles. The number of nitrogens with two attached hydrogens (primary N) is 1. The second-order valence-corrected chi connectivity index (χ2v) is 4.58. The van der Waals surface area contributed by atoms with Gasteiger partial charge in [-0.1, -0.05) is 11.6 Å². The average Bonchev–Trinajstić information content (AvgIpc) is 2.33. The van der Waals surface area contributed by atoms with Crippen molar-refractivity contribution < 1.29 is 14.2 Å². The van der Waals surface area contributed by atoms with Crippen molar-refractivity contribution in [3.05, 3.63) is 28.8 Å². The van der Waals surface area contributed by atoms with Crippen LogP contribution in [0.1, 0.15) is 12.5 Å². The third-order valence-electron chi connectivity index (χ3n) is 2.82. The van der Waals surface area contributed by atoms with E-state index in [1.165, 1.54) is 0 Å². The maximum absolute atomic E-state index is 6.08. The predicted molar refractivity (Wildman–Crippen MR) is 65.2 cm³/mol. The van der Waals surface area contributed by atoms with Gasteiger partial charge in [0.25, 0.3) is 0 Å². The number of hydrogen-bond donors (Lipinski definition) is 1. The van der Waals surface area contributed by atoms with Crippen molar-refractivity contribution in [3.8, 4) is 5.75 Å². The van der Waals surface area contributed by atoms with E-state index in [2.05, 4.69) is 0 Å². The third-order valence-corrected chi connectivity index (χ3v) is 3.12. The van der Waals surface area contributed by atoms with Crippen LogP contribution in [0.5, 0.6) is 5.75 Å². The van der Waals surface area contributed by atoms with Crippen molar-refractivity contribution in [3.63, 3.8) is 0 Å². The fourth-order valence-corrected chi connectivity index (χ4v) is 2.00. The van der Waals surface area contributed by atoms with Crippen LogP contribution in [0.25, 0.3) is 0 Å². The second-order valence-electron chi connectivity index (χ2n) is 4.18.